The van der Waals surface area contributed by atoms with Gasteiger partial charge in [-0.3, -0.25) is 0 Å². The zero-order valence-electron chi connectivity index (χ0n) is 15.7. The van der Waals surface area contributed by atoms with E-state index in [9.17, 15) is 4.39 Å². The Balaban J connectivity index is 1.60. The monoisotopic (exact) mass is 382 g/mol. The molecule has 0 aliphatic carbocycles. The predicted molar refractivity (Wildman–Crippen MR) is 108 cm³/mol. The number of benzene rings is 2. The van der Waals surface area contributed by atoms with Crippen molar-refractivity contribution >= 4 is 22.4 Å². The highest BCUT2D eigenvalue weighted by Gasteiger charge is 2.22. The first-order valence-corrected chi connectivity index (χ1v) is 9.73. The van der Waals surface area contributed by atoms with Crippen LogP contribution in [0, 0.1) is 5.82 Å². The number of ether oxygens (including phenoxy) is 2. The van der Waals surface area contributed by atoms with Gasteiger partial charge in [-0.15, -0.1) is 0 Å². The Kier molecular flexibility index (Phi) is 4.62. The summed E-state index contributed by atoms with van der Waals surface area (Å²) < 4.78 is 24.7. The number of H-pyrrole nitrogens is 1. The van der Waals surface area contributed by atoms with Crippen molar-refractivity contribution in [1.82, 2.24) is 9.97 Å². The normalized spacial score (nSPS) is 18.0. The maximum atomic E-state index is 13.6. The number of morpholine rings is 2. The summed E-state index contributed by atoms with van der Waals surface area (Å²) >= 11 is 0. The zero-order valence-corrected chi connectivity index (χ0v) is 15.7. The molecule has 1 aromatic heterocycles. The maximum Gasteiger partial charge on any atom is 0.138 e. The number of anilines is 2. The van der Waals surface area contributed by atoms with Gasteiger partial charge in [0.25, 0.3) is 0 Å². The molecule has 2 aromatic carbocycles. The molecule has 3 aromatic rings. The quantitative estimate of drug-likeness (QED) is 0.755. The predicted octanol–water partition coefficient (Wildman–Crippen LogP) is 3.04. The molecular formula is C21H23FN4O2. The van der Waals surface area contributed by atoms with Crippen molar-refractivity contribution in [2.75, 3.05) is 62.4 Å². The lowest BCUT2D eigenvalue weighted by Gasteiger charge is -2.36. The van der Waals surface area contributed by atoms with Crippen molar-refractivity contribution in [2.45, 2.75) is 0 Å². The molecule has 0 spiro atoms. The molecule has 2 aliphatic heterocycles. The molecular weight excluding hydrogens is 359 g/mol. The van der Waals surface area contributed by atoms with Crippen LogP contribution >= 0.6 is 0 Å². The molecule has 0 radical (unpaired) electrons. The first-order chi connectivity index (χ1) is 13.8. The molecule has 0 amide bonds. The molecule has 7 heteroatoms. The Labute approximate surface area is 162 Å². The Morgan fingerprint density at radius 3 is 2.14 bits per heavy atom. The summed E-state index contributed by atoms with van der Waals surface area (Å²) in [5.41, 5.74) is 4.95. The van der Waals surface area contributed by atoms with Gasteiger partial charge in [0.15, 0.2) is 0 Å². The van der Waals surface area contributed by atoms with Crippen molar-refractivity contribution in [3.8, 4) is 11.4 Å². The van der Waals surface area contributed by atoms with Gasteiger partial charge >= 0.3 is 0 Å². The highest BCUT2D eigenvalue weighted by atomic mass is 19.1. The number of halogens is 1. The van der Waals surface area contributed by atoms with E-state index in [1.165, 1.54) is 23.5 Å². The third-order valence-corrected chi connectivity index (χ3v) is 5.38. The van der Waals surface area contributed by atoms with E-state index in [-0.39, 0.29) is 5.82 Å². The molecule has 5 rings (SSSR count). The lowest BCUT2D eigenvalue weighted by atomic mass is 10.1. The van der Waals surface area contributed by atoms with Crippen LogP contribution in [0.15, 0.2) is 36.4 Å². The average Bonchev–Trinajstić information content (AvgIpc) is 3.17. The molecule has 0 atom stereocenters. The fourth-order valence-electron chi connectivity index (χ4n) is 3.92. The number of rotatable bonds is 3. The standard InChI is InChI=1S/C21H23FN4O2/c22-16-3-1-2-15(12-16)21-23-17-13-19(25-4-8-27-9-5-25)20(14-18(17)24-21)26-6-10-28-11-7-26/h1-3,12-14H,4-11H2,(H,23,24). The van der Waals surface area contributed by atoms with E-state index in [2.05, 4.69) is 26.9 Å². The minimum atomic E-state index is -0.263. The number of nitrogens with one attached hydrogen (secondary N) is 1. The van der Waals surface area contributed by atoms with Gasteiger partial charge in [-0.2, -0.15) is 0 Å². The molecule has 2 aliphatic rings. The molecule has 3 heterocycles. The van der Waals surface area contributed by atoms with Crippen LogP contribution in [0.5, 0.6) is 0 Å². The summed E-state index contributed by atoms with van der Waals surface area (Å²) in [6.45, 7) is 6.40. The smallest absolute Gasteiger partial charge is 0.138 e. The molecule has 146 valence electrons. The number of nitrogens with zero attached hydrogens (tertiary/aromatic N) is 3. The molecule has 0 unspecified atom stereocenters. The van der Waals surface area contributed by atoms with Gasteiger partial charge in [0.2, 0.25) is 0 Å². The van der Waals surface area contributed by atoms with Gasteiger partial charge < -0.3 is 24.3 Å². The van der Waals surface area contributed by atoms with Crippen molar-refractivity contribution in [2.24, 2.45) is 0 Å². The summed E-state index contributed by atoms with van der Waals surface area (Å²) in [4.78, 5) is 12.8. The third-order valence-electron chi connectivity index (χ3n) is 5.38. The van der Waals surface area contributed by atoms with E-state index in [0.717, 1.165) is 69.2 Å². The van der Waals surface area contributed by atoms with E-state index in [1.54, 1.807) is 6.07 Å². The third kappa shape index (κ3) is 3.31. The van der Waals surface area contributed by atoms with E-state index in [1.807, 2.05) is 6.07 Å². The Morgan fingerprint density at radius 1 is 0.857 bits per heavy atom. The van der Waals surface area contributed by atoms with Gasteiger partial charge in [0.05, 0.1) is 48.8 Å². The lowest BCUT2D eigenvalue weighted by Crippen LogP contribution is -2.40. The van der Waals surface area contributed by atoms with Gasteiger partial charge in [-0.1, -0.05) is 12.1 Å². The summed E-state index contributed by atoms with van der Waals surface area (Å²) in [5, 5.41) is 0. The van der Waals surface area contributed by atoms with Gasteiger partial charge in [0.1, 0.15) is 11.6 Å². The molecule has 2 saturated heterocycles. The number of aromatic amines is 1. The number of aromatic nitrogens is 2. The maximum absolute atomic E-state index is 13.6. The Morgan fingerprint density at radius 2 is 1.50 bits per heavy atom. The van der Waals surface area contributed by atoms with E-state index in [4.69, 9.17) is 14.5 Å². The molecule has 28 heavy (non-hydrogen) atoms. The van der Waals surface area contributed by atoms with Crippen molar-refractivity contribution in [1.29, 1.82) is 0 Å². The van der Waals surface area contributed by atoms with Gasteiger partial charge in [-0.25, -0.2) is 9.37 Å². The summed E-state index contributed by atoms with van der Waals surface area (Å²) in [6.07, 6.45) is 0. The second kappa shape index (κ2) is 7.41. The molecule has 0 saturated carbocycles. The van der Waals surface area contributed by atoms with Crippen molar-refractivity contribution in [3.63, 3.8) is 0 Å². The number of fused-ring (bicyclic) bond motifs is 1. The Hall–Kier alpha value is -2.64. The second-order valence-electron chi connectivity index (χ2n) is 7.15. The van der Waals surface area contributed by atoms with Crippen LogP contribution in [-0.4, -0.2) is 62.6 Å². The number of imidazole rings is 1. The fourth-order valence-corrected chi connectivity index (χ4v) is 3.92. The SMILES string of the molecule is Fc1cccc(-c2nc3cc(N4CCOCC4)c(N4CCOCC4)cc3[nH]2)c1. The van der Waals surface area contributed by atoms with E-state index in [0.29, 0.717) is 5.82 Å². The summed E-state index contributed by atoms with van der Waals surface area (Å²) in [6, 6.07) is 10.8. The topological polar surface area (TPSA) is 53.6 Å². The van der Waals surface area contributed by atoms with Crippen LogP contribution in [0.25, 0.3) is 22.4 Å². The molecule has 1 N–H and O–H groups in total. The number of hydrogen-bond acceptors (Lipinski definition) is 5. The first-order valence-electron chi connectivity index (χ1n) is 9.73. The van der Waals surface area contributed by atoms with Crippen LogP contribution in [0.2, 0.25) is 0 Å². The summed E-state index contributed by atoms with van der Waals surface area (Å²) in [5.74, 6) is 0.419. The van der Waals surface area contributed by atoms with Crippen LogP contribution < -0.4 is 9.80 Å². The summed E-state index contributed by atoms with van der Waals surface area (Å²) in [7, 11) is 0. The molecule has 0 bridgehead atoms. The lowest BCUT2D eigenvalue weighted by molar-refractivity contribution is 0.121. The molecule has 6 nitrogen and oxygen atoms in total. The van der Waals surface area contributed by atoms with Gasteiger partial charge in [-0.05, 0) is 24.3 Å². The van der Waals surface area contributed by atoms with E-state index >= 15 is 0 Å². The van der Waals surface area contributed by atoms with Crippen LogP contribution in [-0.2, 0) is 9.47 Å². The minimum Gasteiger partial charge on any atom is -0.378 e. The highest BCUT2D eigenvalue weighted by molar-refractivity contribution is 5.90. The zero-order chi connectivity index (χ0) is 18.9. The van der Waals surface area contributed by atoms with E-state index < -0.39 is 0 Å². The average molecular weight is 382 g/mol. The van der Waals surface area contributed by atoms with Crippen LogP contribution in [0.3, 0.4) is 0 Å². The number of hydrogen-bond donors (Lipinski definition) is 1. The molecule has 2 fully saturated rings. The van der Waals surface area contributed by atoms with Gasteiger partial charge in [0, 0.05) is 31.7 Å². The largest absolute Gasteiger partial charge is 0.378 e. The minimum absolute atomic E-state index is 0.263. The second-order valence-corrected chi connectivity index (χ2v) is 7.15. The van der Waals surface area contributed by atoms with Crippen LogP contribution in [0.4, 0.5) is 15.8 Å². The highest BCUT2D eigenvalue weighted by Crippen LogP contribution is 2.35. The van der Waals surface area contributed by atoms with Crippen LogP contribution in [0.1, 0.15) is 0 Å². The first kappa shape index (κ1) is 17.5. The Bertz CT molecular complexity index is 923. The van der Waals surface area contributed by atoms with Crippen molar-refractivity contribution < 1.29 is 13.9 Å². The fraction of sp³-hybridized carbons (Fsp3) is 0.381. The van der Waals surface area contributed by atoms with Crippen molar-refractivity contribution in [3.05, 3.63) is 42.2 Å².